The molecular formula is C18H23ClN4O. The standard InChI is InChI=1S/C18H23ClN4O/c1-23(2)15(13-5-4-6-14(9-13)24-3)11-20-17-10-16(19)21-18(22-17)12-7-8-12/h4-6,9-10,12,15H,7-8,11H2,1-3H3,(H,20,21,22). The molecule has 0 amide bonds. The molecule has 24 heavy (non-hydrogen) atoms. The van der Waals surface area contributed by atoms with Gasteiger partial charge in [0.15, 0.2) is 0 Å². The fraction of sp³-hybridized carbons (Fsp3) is 0.444. The summed E-state index contributed by atoms with van der Waals surface area (Å²) in [5, 5.41) is 3.91. The van der Waals surface area contributed by atoms with Crippen LogP contribution in [0.5, 0.6) is 5.75 Å². The Morgan fingerprint density at radius 3 is 2.75 bits per heavy atom. The quantitative estimate of drug-likeness (QED) is 0.774. The van der Waals surface area contributed by atoms with Gasteiger partial charge < -0.3 is 15.0 Å². The molecule has 2 aromatic rings. The van der Waals surface area contributed by atoms with E-state index >= 15 is 0 Å². The molecule has 1 fully saturated rings. The van der Waals surface area contributed by atoms with Gasteiger partial charge in [-0.25, -0.2) is 9.97 Å². The molecule has 1 aromatic heterocycles. The van der Waals surface area contributed by atoms with Crippen LogP contribution >= 0.6 is 11.6 Å². The molecule has 1 heterocycles. The molecule has 6 heteroatoms. The number of halogens is 1. The van der Waals surface area contributed by atoms with E-state index in [0.717, 1.165) is 36.8 Å². The molecule has 5 nitrogen and oxygen atoms in total. The highest BCUT2D eigenvalue weighted by Gasteiger charge is 2.27. The molecule has 1 saturated carbocycles. The summed E-state index contributed by atoms with van der Waals surface area (Å²) < 4.78 is 5.34. The zero-order valence-corrected chi connectivity index (χ0v) is 15.0. The van der Waals surface area contributed by atoms with Crippen LogP contribution in [-0.2, 0) is 0 Å². The van der Waals surface area contributed by atoms with E-state index in [2.05, 4.69) is 46.4 Å². The summed E-state index contributed by atoms with van der Waals surface area (Å²) in [6, 6.07) is 10.1. The van der Waals surface area contributed by atoms with Crippen LogP contribution < -0.4 is 10.1 Å². The average Bonchev–Trinajstić information content (AvgIpc) is 3.39. The lowest BCUT2D eigenvalue weighted by Gasteiger charge is -2.25. The van der Waals surface area contributed by atoms with Gasteiger partial charge in [0.1, 0.15) is 22.5 Å². The number of likely N-dealkylation sites (N-methyl/N-ethyl adjacent to an activating group) is 1. The van der Waals surface area contributed by atoms with E-state index in [-0.39, 0.29) is 6.04 Å². The Morgan fingerprint density at radius 2 is 2.08 bits per heavy atom. The Balaban J connectivity index is 1.74. The number of benzene rings is 1. The van der Waals surface area contributed by atoms with Gasteiger partial charge in [-0.3, -0.25) is 0 Å². The van der Waals surface area contributed by atoms with E-state index in [1.165, 1.54) is 5.56 Å². The number of ether oxygens (including phenoxy) is 1. The largest absolute Gasteiger partial charge is 0.497 e. The first-order chi connectivity index (χ1) is 11.6. The van der Waals surface area contributed by atoms with Crippen molar-refractivity contribution in [1.29, 1.82) is 0 Å². The second-order valence-electron chi connectivity index (χ2n) is 6.35. The molecule has 0 radical (unpaired) electrons. The number of hydrogen-bond donors (Lipinski definition) is 1. The number of nitrogens with zero attached hydrogens (tertiary/aromatic N) is 3. The van der Waals surface area contributed by atoms with Gasteiger partial charge in [-0.2, -0.15) is 0 Å². The third kappa shape index (κ3) is 4.16. The summed E-state index contributed by atoms with van der Waals surface area (Å²) in [6.07, 6.45) is 2.31. The predicted molar refractivity (Wildman–Crippen MR) is 96.9 cm³/mol. The SMILES string of the molecule is COc1cccc(C(CNc2cc(Cl)nc(C3CC3)n2)N(C)C)c1. The number of hydrogen-bond acceptors (Lipinski definition) is 5. The van der Waals surface area contributed by atoms with Crippen molar-refractivity contribution >= 4 is 17.4 Å². The molecule has 0 aliphatic heterocycles. The molecular weight excluding hydrogens is 324 g/mol. The zero-order chi connectivity index (χ0) is 17.1. The van der Waals surface area contributed by atoms with Crippen LogP contribution in [0.1, 0.15) is 36.2 Å². The molecule has 1 aliphatic rings. The third-order valence-corrected chi connectivity index (χ3v) is 4.43. The van der Waals surface area contributed by atoms with Crippen molar-refractivity contribution in [3.8, 4) is 5.75 Å². The van der Waals surface area contributed by atoms with Crippen LogP contribution in [0.4, 0.5) is 5.82 Å². The molecule has 1 unspecified atom stereocenters. The fourth-order valence-corrected chi connectivity index (χ4v) is 2.89. The minimum atomic E-state index is 0.193. The van der Waals surface area contributed by atoms with Crippen LogP contribution in [0.3, 0.4) is 0 Å². The van der Waals surface area contributed by atoms with Crippen LogP contribution in [-0.4, -0.2) is 42.6 Å². The lowest BCUT2D eigenvalue weighted by atomic mass is 10.1. The summed E-state index contributed by atoms with van der Waals surface area (Å²) in [7, 11) is 5.81. The van der Waals surface area contributed by atoms with Crippen molar-refractivity contribution in [1.82, 2.24) is 14.9 Å². The summed E-state index contributed by atoms with van der Waals surface area (Å²) >= 11 is 6.14. The highest BCUT2D eigenvalue weighted by Crippen LogP contribution is 2.38. The van der Waals surface area contributed by atoms with Gasteiger partial charge in [0, 0.05) is 18.5 Å². The van der Waals surface area contributed by atoms with Gasteiger partial charge in [0.05, 0.1) is 13.2 Å². The van der Waals surface area contributed by atoms with Crippen molar-refractivity contribution in [3.05, 3.63) is 46.9 Å². The van der Waals surface area contributed by atoms with Crippen LogP contribution in [0, 0.1) is 0 Å². The monoisotopic (exact) mass is 346 g/mol. The van der Waals surface area contributed by atoms with E-state index < -0.39 is 0 Å². The van der Waals surface area contributed by atoms with E-state index in [4.69, 9.17) is 16.3 Å². The highest BCUT2D eigenvalue weighted by atomic mass is 35.5. The zero-order valence-electron chi connectivity index (χ0n) is 14.3. The summed E-state index contributed by atoms with van der Waals surface area (Å²) in [5.74, 6) is 2.98. The number of aromatic nitrogens is 2. The summed E-state index contributed by atoms with van der Waals surface area (Å²) in [4.78, 5) is 11.1. The smallest absolute Gasteiger partial charge is 0.135 e. The molecule has 0 spiro atoms. The summed E-state index contributed by atoms with van der Waals surface area (Å²) in [6.45, 7) is 0.720. The Labute approximate surface area is 148 Å². The van der Waals surface area contributed by atoms with E-state index in [0.29, 0.717) is 11.1 Å². The second kappa shape index (κ2) is 7.36. The molecule has 1 aromatic carbocycles. The Hall–Kier alpha value is -1.85. The topological polar surface area (TPSA) is 50.3 Å². The third-order valence-electron chi connectivity index (χ3n) is 4.23. The number of anilines is 1. The average molecular weight is 347 g/mol. The Morgan fingerprint density at radius 1 is 1.29 bits per heavy atom. The predicted octanol–water partition coefficient (Wildman–Crippen LogP) is 3.73. The number of nitrogens with one attached hydrogen (secondary N) is 1. The van der Waals surface area contributed by atoms with E-state index in [1.54, 1.807) is 13.2 Å². The lowest BCUT2D eigenvalue weighted by molar-refractivity contribution is 0.310. The first-order valence-corrected chi connectivity index (χ1v) is 8.53. The van der Waals surface area contributed by atoms with Gasteiger partial charge in [-0.1, -0.05) is 23.7 Å². The molecule has 1 aliphatic carbocycles. The van der Waals surface area contributed by atoms with E-state index in [1.807, 2.05) is 12.1 Å². The van der Waals surface area contributed by atoms with Gasteiger partial charge in [-0.15, -0.1) is 0 Å². The van der Waals surface area contributed by atoms with Gasteiger partial charge in [-0.05, 0) is 44.6 Å². The highest BCUT2D eigenvalue weighted by molar-refractivity contribution is 6.29. The molecule has 128 valence electrons. The molecule has 0 bridgehead atoms. The number of rotatable bonds is 7. The van der Waals surface area contributed by atoms with E-state index in [9.17, 15) is 0 Å². The van der Waals surface area contributed by atoms with Crippen molar-refractivity contribution in [2.45, 2.75) is 24.8 Å². The van der Waals surface area contributed by atoms with Crippen molar-refractivity contribution in [2.75, 3.05) is 33.1 Å². The van der Waals surface area contributed by atoms with Gasteiger partial charge >= 0.3 is 0 Å². The maximum Gasteiger partial charge on any atom is 0.135 e. The first kappa shape index (κ1) is 17.0. The molecule has 1 atom stereocenters. The van der Waals surface area contributed by atoms with Crippen LogP contribution in [0.25, 0.3) is 0 Å². The van der Waals surface area contributed by atoms with Gasteiger partial charge in [0.2, 0.25) is 0 Å². The van der Waals surface area contributed by atoms with Gasteiger partial charge in [0.25, 0.3) is 0 Å². The van der Waals surface area contributed by atoms with Crippen LogP contribution in [0.2, 0.25) is 5.15 Å². The first-order valence-electron chi connectivity index (χ1n) is 8.15. The van der Waals surface area contributed by atoms with Crippen molar-refractivity contribution in [2.24, 2.45) is 0 Å². The second-order valence-corrected chi connectivity index (χ2v) is 6.73. The number of methoxy groups -OCH3 is 1. The van der Waals surface area contributed by atoms with Crippen LogP contribution in [0.15, 0.2) is 30.3 Å². The minimum Gasteiger partial charge on any atom is -0.497 e. The molecule has 3 rings (SSSR count). The molecule has 1 N–H and O–H groups in total. The Kier molecular flexibility index (Phi) is 5.21. The maximum absolute atomic E-state index is 6.14. The normalized spacial score (nSPS) is 15.4. The lowest BCUT2D eigenvalue weighted by Crippen LogP contribution is -2.27. The maximum atomic E-state index is 6.14. The van der Waals surface area contributed by atoms with Crippen molar-refractivity contribution < 1.29 is 4.74 Å². The molecule has 0 saturated heterocycles. The minimum absolute atomic E-state index is 0.193. The van der Waals surface area contributed by atoms with Crippen molar-refractivity contribution in [3.63, 3.8) is 0 Å². The Bertz CT molecular complexity index is 703. The summed E-state index contributed by atoms with van der Waals surface area (Å²) in [5.41, 5.74) is 1.19. The fourth-order valence-electron chi connectivity index (χ4n) is 2.70.